The summed E-state index contributed by atoms with van der Waals surface area (Å²) in [5.41, 5.74) is 0.373. The zero-order chi connectivity index (χ0) is 17.9. The van der Waals surface area contributed by atoms with Gasteiger partial charge in [0.25, 0.3) is 0 Å². The average Bonchev–Trinajstić information content (AvgIpc) is 2.87. The zero-order valence-electron chi connectivity index (χ0n) is 15.9. The summed E-state index contributed by atoms with van der Waals surface area (Å²) in [6, 6.07) is 0. The highest BCUT2D eigenvalue weighted by Crippen LogP contribution is 2.47. The fraction of sp³-hybridized carbons (Fsp3) is 0.762. The molecule has 0 bridgehead atoms. The summed E-state index contributed by atoms with van der Waals surface area (Å²) in [4.78, 5) is 11.7. The third kappa shape index (κ3) is 4.72. The van der Waals surface area contributed by atoms with Crippen molar-refractivity contribution in [2.75, 3.05) is 0 Å². The summed E-state index contributed by atoms with van der Waals surface area (Å²) >= 11 is 0. The molecular formula is C21H34O3. The Morgan fingerprint density at radius 3 is 2.62 bits per heavy atom. The van der Waals surface area contributed by atoms with Gasteiger partial charge >= 0.3 is 5.97 Å². The lowest BCUT2D eigenvalue weighted by Gasteiger charge is -2.37. The van der Waals surface area contributed by atoms with E-state index in [0.29, 0.717) is 11.8 Å². The maximum absolute atomic E-state index is 11.7. The van der Waals surface area contributed by atoms with Crippen LogP contribution in [0, 0.1) is 23.7 Å². The maximum Gasteiger partial charge on any atom is 0.303 e. The molecule has 136 valence electrons. The number of carbonyl (C=O) groups is 1. The second kappa shape index (κ2) is 7.86. The van der Waals surface area contributed by atoms with E-state index in [0.717, 1.165) is 37.7 Å². The van der Waals surface area contributed by atoms with Crippen molar-refractivity contribution in [2.45, 2.75) is 78.4 Å². The van der Waals surface area contributed by atoms with Gasteiger partial charge in [0.15, 0.2) is 0 Å². The van der Waals surface area contributed by atoms with Gasteiger partial charge < -0.3 is 9.84 Å². The fourth-order valence-corrected chi connectivity index (χ4v) is 4.51. The lowest BCUT2D eigenvalue weighted by atomic mass is 9.75. The van der Waals surface area contributed by atoms with Crippen molar-refractivity contribution >= 4 is 5.97 Å². The number of rotatable bonds is 2. The predicted octanol–water partition coefficient (Wildman–Crippen LogP) is 4.65. The van der Waals surface area contributed by atoms with E-state index in [-0.39, 0.29) is 23.9 Å². The van der Waals surface area contributed by atoms with Crippen molar-refractivity contribution in [1.82, 2.24) is 0 Å². The Kier molecular flexibility index (Phi) is 6.30. The highest BCUT2D eigenvalue weighted by molar-refractivity contribution is 5.66. The molecule has 0 aromatic rings. The molecule has 0 amide bonds. The Bertz CT molecular complexity index is 498. The summed E-state index contributed by atoms with van der Waals surface area (Å²) in [5, 5.41) is 10.7. The molecule has 1 unspecified atom stereocenters. The van der Waals surface area contributed by atoms with E-state index in [1.165, 1.54) is 6.92 Å². The van der Waals surface area contributed by atoms with E-state index in [1.807, 2.05) is 13.8 Å². The van der Waals surface area contributed by atoms with Crippen molar-refractivity contribution < 1.29 is 14.6 Å². The van der Waals surface area contributed by atoms with Crippen LogP contribution in [0.3, 0.4) is 0 Å². The number of allylic oxidation sites excluding steroid dienone is 3. The van der Waals surface area contributed by atoms with Crippen LogP contribution < -0.4 is 0 Å². The van der Waals surface area contributed by atoms with Crippen molar-refractivity contribution in [3.05, 3.63) is 23.8 Å². The lowest BCUT2D eigenvalue weighted by Crippen LogP contribution is -2.42. The van der Waals surface area contributed by atoms with Gasteiger partial charge in [-0.2, -0.15) is 0 Å². The van der Waals surface area contributed by atoms with Crippen LogP contribution in [0.5, 0.6) is 0 Å². The van der Waals surface area contributed by atoms with Crippen LogP contribution in [0.1, 0.15) is 66.7 Å². The van der Waals surface area contributed by atoms with E-state index < -0.39 is 5.60 Å². The van der Waals surface area contributed by atoms with Crippen LogP contribution >= 0.6 is 0 Å². The molecular weight excluding hydrogens is 300 g/mol. The van der Waals surface area contributed by atoms with E-state index in [9.17, 15) is 9.90 Å². The van der Waals surface area contributed by atoms with Gasteiger partial charge in [-0.25, -0.2) is 0 Å². The molecule has 0 aromatic heterocycles. The Labute approximate surface area is 147 Å². The van der Waals surface area contributed by atoms with Crippen molar-refractivity contribution in [2.24, 2.45) is 23.7 Å². The van der Waals surface area contributed by atoms with Gasteiger partial charge in [-0.15, -0.1) is 0 Å². The molecule has 0 aliphatic heterocycles. The van der Waals surface area contributed by atoms with Crippen LogP contribution in [0.25, 0.3) is 0 Å². The SMILES string of the molecule is CC(=O)O[C@H]1/C(C)=C/CC[C@@H](C)C/C=C\[C@H]2CCC(C(C)(C)O)[C@@H]21. The summed E-state index contributed by atoms with van der Waals surface area (Å²) in [6.45, 7) is 9.64. The normalized spacial score (nSPS) is 38.4. The van der Waals surface area contributed by atoms with E-state index in [4.69, 9.17) is 4.74 Å². The van der Waals surface area contributed by atoms with E-state index >= 15 is 0 Å². The van der Waals surface area contributed by atoms with Crippen LogP contribution in [-0.4, -0.2) is 22.8 Å². The minimum absolute atomic E-state index is 0.137. The standard InChI is InChI=1S/C21H34O3/c1-14-8-6-10-15(2)20(24-16(3)22)19-17(11-7-9-14)12-13-18(19)21(4,5)23/h7,10-11,14,17-20,23H,6,8-9,12-13H2,1-5H3/b11-7-,15-10+/t14-,17+,18?,19-,20+/m1/s1. The van der Waals surface area contributed by atoms with Crippen LogP contribution in [0.2, 0.25) is 0 Å². The van der Waals surface area contributed by atoms with Gasteiger partial charge in [0.05, 0.1) is 5.60 Å². The number of fused-ring (bicyclic) bond motifs is 1. The van der Waals surface area contributed by atoms with Crippen molar-refractivity contribution in [3.8, 4) is 0 Å². The number of ether oxygens (including phenoxy) is 1. The number of hydrogen-bond acceptors (Lipinski definition) is 3. The summed E-state index contributed by atoms with van der Waals surface area (Å²) in [7, 11) is 0. The van der Waals surface area contributed by atoms with Crippen molar-refractivity contribution in [1.29, 1.82) is 0 Å². The third-order valence-electron chi connectivity index (χ3n) is 5.82. The first-order valence-electron chi connectivity index (χ1n) is 9.43. The number of aliphatic hydroxyl groups is 1. The van der Waals surface area contributed by atoms with Gasteiger partial charge in [0, 0.05) is 12.8 Å². The summed E-state index contributed by atoms with van der Waals surface area (Å²) < 4.78 is 5.79. The third-order valence-corrected chi connectivity index (χ3v) is 5.82. The molecule has 2 aliphatic rings. The molecule has 0 saturated heterocycles. The quantitative estimate of drug-likeness (QED) is 0.590. The Morgan fingerprint density at radius 1 is 1.29 bits per heavy atom. The summed E-state index contributed by atoms with van der Waals surface area (Å²) in [5.74, 6) is 1.08. The van der Waals surface area contributed by atoms with Gasteiger partial charge in [-0.1, -0.05) is 25.2 Å². The van der Waals surface area contributed by atoms with E-state index in [2.05, 4.69) is 32.1 Å². The number of esters is 1. The largest absolute Gasteiger partial charge is 0.458 e. The second-order valence-electron chi connectivity index (χ2n) is 8.40. The topological polar surface area (TPSA) is 46.5 Å². The molecule has 0 heterocycles. The van der Waals surface area contributed by atoms with Crippen LogP contribution in [-0.2, 0) is 9.53 Å². The van der Waals surface area contributed by atoms with Crippen molar-refractivity contribution in [3.63, 3.8) is 0 Å². The number of hydrogen-bond donors (Lipinski definition) is 1. The lowest BCUT2D eigenvalue weighted by molar-refractivity contribution is -0.150. The predicted molar refractivity (Wildman–Crippen MR) is 97.5 cm³/mol. The molecule has 1 fully saturated rings. The smallest absolute Gasteiger partial charge is 0.303 e. The first kappa shape index (κ1) is 19.2. The Morgan fingerprint density at radius 2 is 2.00 bits per heavy atom. The van der Waals surface area contributed by atoms with Crippen LogP contribution in [0.15, 0.2) is 23.8 Å². The molecule has 1 saturated carbocycles. The highest BCUT2D eigenvalue weighted by Gasteiger charge is 2.47. The molecule has 3 nitrogen and oxygen atoms in total. The Balaban J connectivity index is 2.42. The molecule has 0 radical (unpaired) electrons. The molecule has 3 heteroatoms. The fourth-order valence-electron chi connectivity index (χ4n) is 4.51. The molecule has 5 atom stereocenters. The molecule has 1 N–H and O–H groups in total. The first-order valence-corrected chi connectivity index (χ1v) is 9.43. The maximum atomic E-state index is 11.7. The Hall–Kier alpha value is -1.09. The van der Waals surface area contributed by atoms with Crippen LogP contribution in [0.4, 0.5) is 0 Å². The summed E-state index contributed by atoms with van der Waals surface area (Å²) in [6.07, 6.45) is 11.9. The molecule has 2 rings (SSSR count). The first-order chi connectivity index (χ1) is 11.2. The second-order valence-corrected chi connectivity index (χ2v) is 8.40. The minimum atomic E-state index is -0.764. The molecule has 0 aromatic carbocycles. The average molecular weight is 335 g/mol. The molecule has 2 aliphatic carbocycles. The highest BCUT2D eigenvalue weighted by atomic mass is 16.5. The zero-order valence-corrected chi connectivity index (χ0v) is 15.9. The van der Waals surface area contributed by atoms with Gasteiger partial charge in [0.1, 0.15) is 6.10 Å². The minimum Gasteiger partial charge on any atom is -0.458 e. The van der Waals surface area contributed by atoms with Gasteiger partial charge in [-0.3, -0.25) is 4.79 Å². The van der Waals surface area contributed by atoms with Gasteiger partial charge in [-0.05, 0) is 76.2 Å². The monoisotopic (exact) mass is 334 g/mol. The van der Waals surface area contributed by atoms with Gasteiger partial charge in [0.2, 0.25) is 0 Å². The van der Waals surface area contributed by atoms with E-state index in [1.54, 1.807) is 0 Å². The molecule has 24 heavy (non-hydrogen) atoms. The number of carbonyl (C=O) groups excluding carboxylic acids is 1. The molecule has 0 spiro atoms.